The van der Waals surface area contributed by atoms with Gasteiger partial charge in [-0.2, -0.15) is 9.97 Å². The van der Waals surface area contributed by atoms with Crippen LogP contribution in [0, 0.1) is 0 Å². The molecule has 2 aliphatic carbocycles. The van der Waals surface area contributed by atoms with E-state index in [2.05, 4.69) is 20.2 Å². The maximum Gasteiger partial charge on any atom is 0.227 e. The van der Waals surface area contributed by atoms with Gasteiger partial charge in [-0.1, -0.05) is 12.8 Å². The van der Waals surface area contributed by atoms with Gasteiger partial charge in [0.05, 0.1) is 6.33 Å². The molecule has 2 heterocycles. The number of nitrogens with one attached hydrogen (secondary N) is 2. The summed E-state index contributed by atoms with van der Waals surface area (Å²) in [5.41, 5.74) is 15.3. The van der Waals surface area contributed by atoms with Gasteiger partial charge in [0.25, 0.3) is 0 Å². The zero-order valence-corrected chi connectivity index (χ0v) is 19.7. The topological polar surface area (TPSA) is 120 Å². The number of hydrogen-bond donors (Lipinski definition) is 4. The fourth-order valence-corrected chi connectivity index (χ4v) is 4.67. The lowest BCUT2D eigenvalue weighted by Crippen LogP contribution is -2.33. The third-order valence-corrected chi connectivity index (χ3v) is 6.42. The molecule has 5 rings (SSSR count). The van der Waals surface area contributed by atoms with E-state index < -0.39 is 0 Å². The van der Waals surface area contributed by atoms with E-state index >= 15 is 0 Å². The number of hydrogen-bond acceptors (Lipinski definition) is 7. The SMILES string of the molecule is Cl.Cl.Nc1ccc(Nc2nc(NC3CCC(N)CC3)nc3c2ncn3C2CCCC2)cc1. The van der Waals surface area contributed by atoms with Crippen molar-refractivity contribution in [1.82, 2.24) is 19.5 Å². The van der Waals surface area contributed by atoms with E-state index in [4.69, 9.17) is 21.4 Å². The molecular weight excluding hydrogens is 447 g/mol. The summed E-state index contributed by atoms with van der Waals surface area (Å²) in [7, 11) is 0. The molecule has 0 unspecified atom stereocenters. The molecule has 2 saturated carbocycles. The third-order valence-electron chi connectivity index (χ3n) is 6.42. The van der Waals surface area contributed by atoms with Crippen molar-refractivity contribution in [2.45, 2.75) is 69.5 Å². The lowest BCUT2D eigenvalue weighted by molar-refractivity contribution is 0.410. The summed E-state index contributed by atoms with van der Waals surface area (Å²) < 4.78 is 2.24. The van der Waals surface area contributed by atoms with Crippen molar-refractivity contribution in [2.24, 2.45) is 5.73 Å². The molecule has 2 fully saturated rings. The average Bonchev–Trinajstić information content (AvgIpc) is 3.41. The molecular formula is C22H32Cl2N8. The Kier molecular flexibility index (Phi) is 8.03. The average molecular weight is 479 g/mol. The van der Waals surface area contributed by atoms with Crippen LogP contribution in [0.2, 0.25) is 0 Å². The first-order chi connectivity index (χ1) is 14.7. The Bertz CT molecular complexity index is 1010. The van der Waals surface area contributed by atoms with Crippen molar-refractivity contribution in [3.8, 4) is 0 Å². The van der Waals surface area contributed by atoms with Crippen LogP contribution >= 0.6 is 24.8 Å². The van der Waals surface area contributed by atoms with Crippen LogP contribution in [0.25, 0.3) is 11.2 Å². The first-order valence-corrected chi connectivity index (χ1v) is 11.0. The number of anilines is 4. The minimum atomic E-state index is 0. The van der Waals surface area contributed by atoms with Crippen LogP contribution in [0.5, 0.6) is 0 Å². The second-order valence-corrected chi connectivity index (χ2v) is 8.66. The van der Waals surface area contributed by atoms with Crippen LogP contribution in [0.4, 0.5) is 23.1 Å². The Hall–Kier alpha value is -2.29. The molecule has 0 amide bonds. The van der Waals surface area contributed by atoms with Gasteiger partial charge < -0.3 is 26.7 Å². The quantitative estimate of drug-likeness (QED) is 0.388. The second kappa shape index (κ2) is 10.6. The molecule has 174 valence electrons. The largest absolute Gasteiger partial charge is 0.399 e. The van der Waals surface area contributed by atoms with Gasteiger partial charge in [-0.15, -0.1) is 24.8 Å². The normalized spacial score (nSPS) is 21.0. The number of aromatic nitrogens is 4. The van der Waals surface area contributed by atoms with Crippen LogP contribution in [-0.2, 0) is 0 Å². The Morgan fingerprint density at radius 1 is 0.906 bits per heavy atom. The molecule has 0 bridgehead atoms. The van der Waals surface area contributed by atoms with Crippen molar-refractivity contribution < 1.29 is 0 Å². The summed E-state index contributed by atoms with van der Waals surface area (Å²) in [6.45, 7) is 0. The number of nitrogen functional groups attached to an aromatic ring is 1. The summed E-state index contributed by atoms with van der Waals surface area (Å²) in [5, 5.41) is 6.98. The van der Waals surface area contributed by atoms with Gasteiger partial charge in [0.15, 0.2) is 17.0 Å². The van der Waals surface area contributed by atoms with Crippen molar-refractivity contribution in [2.75, 3.05) is 16.4 Å². The number of halogens is 2. The number of nitrogens with zero attached hydrogens (tertiary/aromatic N) is 4. The van der Waals surface area contributed by atoms with Crippen LogP contribution in [0.15, 0.2) is 30.6 Å². The summed E-state index contributed by atoms with van der Waals surface area (Å²) in [4.78, 5) is 14.4. The highest BCUT2D eigenvalue weighted by Gasteiger charge is 2.24. The summed E-state index contributed by atoms with van der Waals surface area (Å²) in [6, 6.07) is 8.80. The second-order valence-electron chi connectivity index (χ2n) is 8.66. The maximum absolute atomic E-state index is 6.07. The zero-order chi connectivity index (χ0) is 20.5. The minimum Gasteiger partial charge on any atom is -0.399 e. The van der Waals surface area contributed by atoms with Gasteiger partial charge >= 0.3 is 0 Å². The predicted molar refractivity (Wildman–Crippen MR) is 135 cm³/mol. The molecule has 2 aliphatic rings. The Balaban J connectivity index is 0.00000144. The van der Waals surface area contributed by atoms with Gasteiger partial charge in [0.2, 0.25) is 5.95 Å². The van der Waals surface area contributed by atoms with Crippen LogP contribution in [0.1, 0.15) is 57.4 Å². The fraction of sp³-hybridized carbons (Fsp3) is 0.500. The smallest absolute Gasteiger partial charge is 0.227 e. The highest BCUT2D eigenvalue weighted by molar-refractivity contribution is 5.87. The molecule has 1 aromatic carbocycles. The first kappa shape index (κ1) is 24.4. The van der Waals surface area contributed by atoms with E-state index in [9.17, 15) is 0 Å². The maximum atomic E-state index is 6.07. The van der Waals surface area contributed by atoms with Crippen LogP contribution in [0.3, 0.4) is 0 Å². The molecule has 8 nitrogen and oxygen atoms in total. The number of imidazole rings is 1. The predicted octanol–water partition coefficient (Wildman–Crippen LogP) is 4.79. The molecule has 6 N–H and O–H groups in total. The van der Waals surface area contributed by atoms with E-state index in [1.54, 1.807) is 0 Å². The molecule has 3 aromatic rings. The van der Waals surface area contributed by atoms with Crippen LogP contribution in [-0.4, -0.2) is 31.6 Å². The van der Waals surface area contributed by atoms with E-state index in [0.717, 1.165) is 54.0 Å². The highest BCUT2D eigenvalue weighted by Crippen LogP contribution is 2.34. The number of rotatable bonds is 5. The van der Waals surface area contributed by atoms with Gasteiger partial charge in [-0.05, 0) is 62.8 Å². The van der Waals surface area contributed by atoms with E-state index in [1.165, 1.54) is 25.7 Å². The standard InChI is InChI=1S/C22H30N8.2ClH/c23-14-5-9-16(10-6-14)26-20-19-21(30(13-25-19)18-3-1-2-4-18)29-22(28-20)27-17-11-7-15(24)8-12-17;;/h5-6,9-10,13,15,17-18H,1-4,7-8,11-12,23-24H2,(H2,26,27,28,29);2*1H. The lowest BCUT2D eigenvalue weighted by atomic mass is 9.92. The molecule has 0 aliphatic heterocycles. The third kappa shape index (κ3) is 5.19. The summed E-state index contributed by atoms with van der Waals surface area (Å²) in [6.07, 6.45) is 11.0. The van der Waals surface area contributed by atoms with Crippen LogP contribution < -0.4 is 22.1 Å². The van der Waals surface area contributed by atoms with Crippen molar-refractivity contribution >= 4 is 59.1 Å². The van der Waals surface area contributed by atoms with E-state index in [-0.39, 0.29) is 24.8 Å². The number of benzene rings is 1. The summed E-state index contributed by atoms with van der Waals surface area (Å²) in [5.74, 6) is 1.37. The Morgan fingerprint density at radius 2 is 1.59 bits per heavy atom. The number of fused-ring (bicyclic) bond motifs is 1. The van der Waals surface area contributed by atoms with Gasteiger partial charge in [-0.25, -0.2) is 4.98 Å². The Morgan fingerprint density at radius 3 is 2.28 bits per heavy atom. The van der Waals surface area contributed by atoms with Crippen molar-refractivity contribution in [1.29, 1.82) is 0 Å². The van der Waals surface area contributed by atoms with Gasteiger partial charge in [0.1, 0.15) is 0 Å². The van der Waals surface area contributed by atoms with Crippen molar-refractivity contribution in [3.05, 3.63) is 30.6 Å². The molecule has 0 saturated heterocycles. The fourth-order valence-electron chi connectivity index (χ4n) is 4.67. The molecule has 10 heteroatoms. The minimum absolute atomic E-state index is 0. The Labute approximate surface area is 200 Å². The van der Waals surface area contributed by atoms with Gasteiger partial charge in [-0.3, -0.25) is 0 Å². The molecule has 32 heavy (non-hydrogen) atoms. The highest BCUT2D eigenvalue weighted by atomic mass is 35.5. The van der Waals surface area contributed by atoms with Gasteiger partial charge in [0, 0.05) is 29.5 Å². The first-order valence-electron chi connectivity index (χ1n) is 11.0. The molecule has 0 atom stereocenters. The monoisotopic (exact) mass is 478 g/mol. The molecule has 0 spiro atoms. The number of nitrogens with two attached hydrogens (primary N) is 2. The lowest BCUT2D eigenvalue weighted by Gasteiger charge is -2.27. The van der Waals surface area contributed by atoms with E-state index in [1.807, 2.05) is 30.6 Å². The zero-order valence-electron chi connectivity index (χ0n) is 18.0. The molecule has 2 aromatic heterocycles. The summed E-state index contributed by atoms with van der Waals surface area (Å²) >= 11 is 0. The van der Waals surface area contributed by atoms with Crippen molar-refractivity contribution in [3.63, 3.8) is 0 Å². The van der Waals surface area contributed by atoms with E-state index in [0.29, 0.717) is 24.1 Å². The molecule has 0 radical (unpaired) electrons.